The largest absolute Gasteiger partial charge is 0.331 e. The van der Waals surface area contributed by atoms with Gasteiger partial charge in [0.15, 0.2) is 0 Å². The smallest absolute Gasteiger partial charge is 0.319 e. The lowest BCUT2D eigenvalue weighted by Gasteiger charge is -2.13. The Bertz CT molecular complexity index is 527. The van der Waals surface area contributed by atoms with E-state index in [9.17, 15) is 4.79 Å². The maximum Gasteiger partial charge on any atom is 0.319 e. The predicted octanol–water partition coefficient (Wildman–Crippen LogP) is 4.28. The Hall–Kier alpha value is -1.52. The molecule has 0 fully saturated rings. The number of halogens is 1. The molecule has 0 aliphatic carbocycles. The van der Waals surface area contributed by atoms with Crippen LogP contribution in [0.2, 0.25) is 4.34 Å². The number of nitrogens with one attached hydrogen (secondary N) is 2. The van der Waals surface area contributed by atoms with E-state index in [4.69, 9.17) is 11.6 Å². The topological polar surface area (TPSA) is 41.1 Å². The molecule has 1 heterocycles. The Kier molecular flexibility index (Phi) is 4.23. The summed E-state index contributed by atoms with van der Waals surface area (Å²) in [5.74, 6) is 0. The van der Waals surface area contributed by atoms with Crippen molar-refractivity contribution in [3.63, 3.8) is 0 Å². The zero-order valence-electron chi connectivity index (χ0n) is 9.81. The zero-order valence-corrected chi connectivity index (χ0v) is 11.4. The third-order valence-corrected chi connectivity index (χ3v) is 3.81. The number of hydrogen-bond acceptors (Lipinski definition) is 2. The van der Waals surface area contributed by atoms with Crippen LogP contribution in [-0.4, -0.2) is 6.03 Å². The third kappa shape index (κ3) is 3.48. The van der Waals surface area contributed by atoms with E-state index in [2.05, 4.69) is 10.6 Å². The van der Waals surface area contributed by atoms with Crippen molar-refractivity contribution in [2.45, 2.75) is 13.0 Å². The van der Waals surface area contributed by atoms with Crippen molar-refractivity contribution in [2.75, 3.05) is 5.32 Å². The highest BCUT2D eigenvalue weighted by Crippen LogP contribution is 2.26. The number of hydrogen-bond donors (Lipinski definition) is 2. The van der Waals surface area contributed by atoms with Crippen LogP contribution in [0.5, 0.6) is 0 Å². The second-order valence-corrected chi connectivity index (χ2v) is 5.57. The van der Waals surface area contributed by atoms with E-state index in [1.807, 2.05) is 49.4 Å². The molecule has 0 radical (unpaired) electrons. The number of rotatable bonds is 3. The van der Waals surface area contributed by atoms with Gasteiger partial charge in [-0.05, 0) is 31.2 Å². The Morgan fingerprint density at radius 3 is 2.56 bits per heavy atom. The van der Waals surface area contributed by atoms with E-state index in [0.29, 0.717) is 0 Å². The van der Waals surface area contributed by atoms with Crippen LogP contribution in [0.25, 0.3) is 0 Å². The normalized spacial score (nSPS) is 11.9. The number of carbonyl (C=O) groups excluding carboxylic acids is 1. The number of anilines is 1. The van der Waals surface area contributed by atoms with Gasteiger partial charge in [-0.2, -0.15) is 0 Å². The molecule has 3 nitrogen and oxygen atoms in total. The molecule has 0 bridgehead atoms. The summed E-state index contributed by atoms with van der Waals surface area (Å²) >= 11 is 7.33. The predicted molar refractivity (Wildman–Crippen MR) is 76.3 cm³/mol. The standard InChI is InChI=1S/C13H13ClN2OS/c1-9(11-7-8-12(14)18-11)15-13(17)16-10-5-3-2-4-6-10/h2-9H,1H3,(H2,15,16,17)/t9-/m0/s1. The molecule has 5 heteroatoms. The SMILES string of the molecule is C[C@H](NC(=O)Nc1ccccc1)c1ccc(Cl)s1. The van der Waals surface area contributed by atoms with Crippen LogP contribution in [-0.2, 0) is 0 Å². The minimum Gasteiger partial charge on any atom is -0.331 e. The molecule has 94 valence electrons. The van der Waals surface area contributed by atoms with Crippen molar-refractivity contribution >= 4 is 34.7 Å². The summed E-state index contributed by atoms with van der Waals surface area (Å²) in [6.45, 7) is 1.92. The average molecular weight is 281 g/mol. The maximum atomic E-state index is 11.8. The van der Waals surface area contributed by atoms with Gasteiger partial charge in [0, 0.05) is 10.6 Å². The van der Waals surface area contributed by atoms with Gasteiger partial charge < -0.3 is 10.6 Å². The van der Waals surface area contributed by atoms with Crippen molar-refractivity contribution in [3.05, 3.63) is 51.7 Å². The minimum absolute atomic E-state index is 0.0637. The summed E-state index contributed by atoms with van der Waals surface area (Å²) in [4.78, 5) is 12.8. The van der Waals surface area contributed by atoms with Gasteiger partial charge >= 0.3 is 6.03 Å². The molecule has 2 amide bonds. The van der Waals surface area contributed by atoms with E-state index < -0.39 is 0 Å². The number of benzene rings is 1. The first-order chi connectivity index (χ1) is 8.65. The molecular formula is C13H13ClN2OS. The molecule has 18 heavy (non-hydrogen) atoms. The summed E-state index contributed by atoms with van der Waals surface area (Å²) in [5, 5.41) is 5.63. The Balaban J connectivity index is 1.92. The van der Waals surface area contributed by atoms with E-state index in [1.165, 1.54) is 11.3 Å². The lowest BCUT2D eigenvalue weighted by Crippen LogP contribution is -2.30. The first-order valence-corrected chi connectivity index (χ1v) is 6.72. The quantitative estimate of drug-likeness (QED) is 0.865. The van der Waals surface area contributed by atoms with Gasteiger partial charge in [0.1, 0.15) is 0 Å². The molecule has 0 saturated carbocycles. The molecule has 2 rings (SSSR count). The highest BCUT2D eigenvalue weighted by atomic mass is 35.5. The molecular weight excluding hydrogens is 268 g/mol. The molecule has 0 saturated heterocycles. The molecule has 1 atom stereocenters. The highest BCUT2D eigenvalue weighted by molar-refractivity contribution is 7.16. The molecule has 2 aromatic rings. The van der Waals surface area contributed by atoms with E-state index >= 15 is 0 Å². The number of thiophene rings is 1. The lowest BCUT2D eigenvalue weighted by atomic mass is 10.3. The van der Waals surface area contributed by atoms with Gasteiger partial charge in [-0.25, -0.2) is 4.79 Å². The fourth-order valence-electron chi connectivity index (χ4n) is 1.52. The Labute approximate surface area is 115 Å². The molecule has 0 spiro atoms. The van der Waals surface area contributed by atoms with Crippen LogP contribution in [0, 0.1) is 0 Å². The van der Waals surface area contributed by atoms with E-state index in [0.717, 1.165) is 14.9 Å². The van der Waals surface area contributed by atoms with Gasteiger partial charge in [0.05, 0.1) is 10.4 Å². The maximum absolute atomic E-state index is 11.8. The first kappa shape index (κ1) is 12.9. The second-order valence-electron chi connectivity index (χ2n) is 3.83. The summed E-state index contributed by atoms with van der Waals surface area (Å²) in [6.07, 6.45) is 0. The zero-order chi connectivity index (χ0) is 13.0. The van der Waals surface area contributed by atoms with Crippen molar-refractivity contribution in [1.82, 2.24) is 5.32 Å². The first-order valence-electron chi connectivity index (χ1n) is 5.53. The Morgan fingerprint density at radius 2 is 1.94 bits per heavy atom. The molecule has 0 unspecified atom stereocenters. The Morgan fingerprint density at radius 1 is 1.22 bits per heavy atom. The van der Waals surface area contributed by atoms with Gasteiger partial charge in [0.25, 0.3) is 0 Å². The lowest BCUT2D eigenvalue weighted by molar-refractivity contribution is 0.249. The van der Waals surface area contributed by atoms with Gasteiger partial charge in [0.2, 0.25) is 0 Å². The van der Waals surface area contributed by atoms with Crippen LogP contribution in [0.15, 0.2) is 42.5 Å². The fourth-order valence-corrected chi connectivity index (χ4v) is 2.58. The third-order valence-electron chi connectivity index (χ3n) is 2.40. The van der Waals surface area contributed by atoms with Gasteiger partial charge in [-0.3, -0.25) is 0 Å². The van der Waals surface area contributed by atoms with Gasteiger partial charge in [-0.15, -0.1) is 11.3 Å². The van der Waals surface area contributed by atoms with Crippen molar-refractivity contribution in [1.29, 1.82) is 0 Å². The monoisotopic (exact) mass is 280 g/mol. The molecule has 0 aliphatic rings. The van der Waals surface area contributed by atoms with Crippen LogP contribution in [0.3, 0.4) is 0 Å². The molecule has 0 aliphatic heterocycles. The van der Waals surface area contributed by atoms with Crippen LogP contribution >= 0.6 is 22.9 Å². The molecule has 1 aromatic heterocycles. The van der Waals surface area contributed by atoms with Crippen molar-refractivity contribution < 1.29 is 4.79 Å². The summed E-state index contributed by atoms with van der Waals surface area (Å²) in [7, 11) is 0. The average Bonchev–Trinajstić information content (AvgIpc) is 2.77. The summed E-state index contributed by atoms with van der Waals surface area (Å²) in [5.41, 5.74) is 0.770. The van der Waals surface area contributed by atoms with E-state index in [1.54, 1.807) is 0 Å². The highest BCUT2D eigenvalue weighted by Gasteiger charge is 2.11. The second kappa shape index (κ2) is 5.89. The summed E-state index contributed by atoms with van der Waals surface area (Å²) < 4.78 is 0.724. The van der Waals surface area contributed by atoms with Crippen molar-refractivity contribution in [2.24, 2.45) is 0 Å². The number of amides is 2. The van der Waals surface area contributed by atoms with E-state index in [-0.39, 0.29) is 12.1 Å². The minimum atomic E-state index is -0.224. The van der Waals surface area contributed by atoms with Crippen LogP contribution < -0.4 is 10.6 Å². The van der Waals surface area contributed by atoms with Crippen LogP contribution in [0.1, 0.15) is 17.8 Å². The summed E-state index contributed by atoms with van der Waals surface area (Å²) in [6, 6.07) is 12.8. The number of carbonyl (C=O) groups is 1. The number of para-hydroxylation sites is 1. The fraction of sp³-hybridized carbons (Fsp3) is 0.154. The van der Waals surface area contributed by atoms with Gasteiger partial charge in [-0.1, -0.05) is 29.8 Å². The van der Waals surface area contributed by atoms with Crippen molar-refractivity contribution in [3.8, 4) is 0 Å². The molecule has 1 aromatic carbocycles. The molecule has 2 N–H and O–H groups in total. The van der Waals surface area contributed by atoms with Crippen LogP contribution in [0.4, 0.5) is 10.5 Å². The number of urea groups is 1.